The molecule has 0 bridgehead atoms. The number of likely N-dealkylation sites (N-methyl/N-ethyl adjacent to an activating group) is 1. The van der Waals surface area contributed by atoms with Gasteiger partial charge in [-0.25, -0.2) is 8.42 Å². The Labute approximate surface area is 121 Å². The molecule has 3 atom stereocenters. The van der Waals surface area contributed by atoms with Crippen molar-refractivity contribution in [3.63, 3.8) is 0 Å². The fraction of sp³-hybridized carbons (Fsp3) is 0.929. The Morgan fingerprint density at radius 2 is 2.10 bits per heavy atom. The largest absolute Gasteiger partial charge is 0.337 e. The number of carbonyl (C=O) groups is 1. The van der Waals surface area contributed by atoms with Gasteiger partial charge in [0.2, 0.25) is 5.91 Å². The Hall–Kier alpha value is -0.620. The topological polar surface area (TPSA) is 80.5 Å². The molecule has 2 aliphatic rings. The van der Waals surface area contributed by atoms with Crippen molar-refractivity contribution < 1.29 is 13.2 Å². The van der Waals surface area contributed by atoms with E-state index in [-0.39, 0.29) is 23.5 Å². The lowest BCUT2D eigenvalue weighted by Crippen LogP contribution is -2.59. The van der Waals surface area contributed by atoms with Gasteiger partial charge in [0.25, 0.3) is 0 Å². The number of rotatable bonds is 3. The highest BCUT2D eigenvalue weighted by Crippen LogP contribution is 2.33. The zero-order chi connectivity index (χ0) is 15.0. The first-order valence-corrected chi connectivity index (χ1v) is 9.40. The molecule has 1 aliphatic carbocycles. The van der Waals surface area contributed by atoms with Gasteiger partial charge in [-0.3, -0.25) is 4.79 Å². The first-order valence-electron chi connectivity index (χ1n) is 7.58. The van der Waals surface area contributed by atoms with E-state index in [0.717, 1.165) is 12.8 Å². The average molecular weight is 302 g/mol. The van der Waals surface area contributed by atoms with Crippen LogP contribution in [0.25, 0.3) is 0 Å². The van der Waals surface area contributed by atoms with Crippen LogP contribution in [-0.2, 0) is 14.6 Å². The summed E-state index contributed by atoms with van der Waals surface area (Å²) < 4.78 is 23.2. The third-order valence-electron chi connectivity index (χ3n) is 4.71. The summed E-state index contributed by atoms with van der Waals surface area (Å²) in [6.45, 7) is 4.56. The van der Waals surface area contributed by atoms with Crippen LogP contribution < -0.4 is 5.73 Å². The van der Waals surface area contributed by atoms with E-state index >= 15 is 0 Å². The number of nitrogens with two attached hydrogens (primary N) is 1. The summed E-state index contributed by atoms with van der Waals surface area (Å²) in [4.78, 5) is 14.5. The van der Waals surface area contributed by atoms with Gasteiger partial charge in [-0.05, 0) is 32.1 Å². The van der Waals surface area contributed by atoms with Crippen LogP contribution in [0.5, 0.6) is 0 Å². The maximum absolute atomic E-state index is 12.8. The molecule has 0 radical (unpaired) electrons. The predicted molar refractivity (Wildman–Crippen MR) is 79.0 cm³/mol. The molecule has 1 aliphatic heterocycles. The molecule has 2 fully saturated rings. The van der Waals surface area contributed by atoms with Gasteiger partial charge in [0, 0.05) is 12.6 Å². The minimum absolute atomic E-state index is 0.0475. The number of hydrogen-bond donors (Lipinski definition) is 1. The smallest absolute Gasteiger partial charge is 0.242 e. The summed E-state index contributed by atoms with van der Waals surface area (Å²) in [7, 11) is -2.98. The number of hydrogen-bond acceptors (Lipinski definition) is 4. The molecule has 1 saturated heterocycles. The Kier molecular flexibility index (Phi) is 4.44. The lowest BCUT2D eigenvalue weighted by molar-refractivity contribution is -0.140. The monoisotopic (exact) mass is 302 g/mol. The van der Waals surface area contributed by atoms with Crippen LogP contribution >= 0.6 is 0 Å². The van der Waals surface area contributed by atoms with Crippen LogP contribution in [0, 0.1) is 5.92 Å². The molecule has 5 nitrogen and oxygen atoms in total. The van der Waals surface area contributed by atoms with Gasteiger partial charge in [0.05, 0.1) is 17.0 Å². The predicted octanol–water partition coefficient (Wildman–Crippen LogP) is 0.930. The summed E-state index contributed by atoms with van der Waals surface area (Å²) in [5, 5.41) is 0. The summed E-state index contributed by atoms with van der Waals surface area (Å²) in [6, 6.07) is -0.185. The number of amides is 1. The molecule has 0 aromatic rings. The van der Waals surface area contributed by atoms with Crippen LogP contribution in [0.2, 0.25) is 0 Å². The summed E-state index contributed by atoms with van der Waals surface area (Å²) in [6.07, 6.45) is 4.07. The van der Waals surface area contributed by atoms with Gasteiger partial charge in [-0.2, -0.15) is 0 Å². The second-order valence-corrected chi connectivity index (χ2v) is 8.73. The maximum Gasteiger partial charge on any atom is 0.242 e. The minimum Gasteiger partial charge on any atom is -0.337 e. The van der Waals surface area contributed by atoms with Crippen molar-refractivity contribution in [3.8, 4) is 0 Å². The van der Waals surface area contributed by atoms with E-state index in [9.17, 15) is 13.2 Å². The van der Waals surface area contributed by atoms with Crippen LogP contribution in [0.1, 0.15) is 46.0 Å². The van der Waals surface area contributed by atoms with Crippen molar-refractivity contribution in [2.24, 2.45) is 11.7 Å². The van der Waals surface area contributed by atoms with Crippen LogP contribution in [0.4, 0.5) is 0 Å². The summed E-state index contributed by atoms with van der Waals surface area (Å²) >= 11 is 0. The van der Waals surface area contributed by atoms with E-state index in [1.54, 1.807) is 4.90 Å². The number of carbonyl (C=O) groups excluding carboxylic acids is 1. The average Bonchev–Trinajstić information content (AvgIpc) is 2.70. The molecular formula is C14H26N2O3S. The second kappa shape index (κ2) is 5.64. The van der Waals surface area contributed by atoms with E-state index in [4.69, 9.17) is 5.73 Å². The first-order chi connectivity index (χ1) is 9.27. The highest BCUT2D eigenvalue weighted by Gasteiger charge is 2.43. The van der Waals surface area contributed by atoms with E-state index in [0.29, 0.717) is 31.7 Å². The standard InChI is InChI=1S/C14H26N2O3S/c1-3-16(12-6-8-20(18,19)10-12)13(17)14(15)7-4-5-11(2)9-14/h11-12H,3-10,15H2,1-2H3. The maximum atomic E-state index is 12.8. The normalized spacial score (nSPS) is 36.8. The Balaban J connectivity index is 2.13. The molecule has 6 heteroatoms. The van der Waals surface area contributed by atoms with Crippen molar-refractivity contribution in [1.82, 2.24) is 4.90 Å². The summed E-state index contributed by atoms with van der Waals surface area (Å²) in [5.41, 5.74) is 5.57. The van der Waals surface area contributed by atoms with Crippen molar-refractivity contribution in [2.45, 2.75) is 57.5 Å². The van der Waals surface area contributed by atoms with E-state index in [1.807, 2.05) is 6.92 Å². The van der Waals surface area contributed by atoms with Crippen molar-refractivity contribution >= 4 is 15.7 Å². The minimum atomic E-state index is -2.98. The molecular weight excluding hydrogens is 276 g/mol. The van der Waals surface area contributed by atoms with Gasteiger partial charge in [0.1, 0.15) is 0 Å². The number of nitrogens with zero attached hydrogens (tertiary/aromatic N) is 1. The zero-order valence-electron chi connectivity index (χ0n) is 12.5. The van der Waals surface area contributed by atoms with E-state index in [1.165, 1.54) is 0 Å². The lowest BCUT2D eigenvalue weighted by Gasteiger charge is -2.40. The first kappa shape index (κ1) is 15.8. The highest BCUT2D eigenvalue weighted by molar-refractivity contribution is 7.91. The van der Waals surface area contributed by atoms with Gasteiger partial charge in [-0.1, -0.05) is 19.8 Å². The van der Waals surface area contributed by atoms with Crippen molar-refractivity contribution in [3.05, 3.63) is 0 Å². The van der Waals surface area contributed by atoms with Gasteiger partial charge in [-0.15, -0.1) is 0 Å². The van der Waals surface area contributed by atoms with E-state index < -0.39 is 15.4 Å². The summed E-state index contributed by atoms with van der Waals surface area (Å²) in [5.74, 6) is 0.700. The number of sulfone groups is 1. The van der Waals surface area contributed by atoms with Gasteiger partial charge < -0.3 is 10.6 Å². The molecule has 2 rings (SSSR count). The molecule has 2 N–H and O–H groups in total. The van der Waals surface area contributed by atoms with E-state index in [2.05, 4.69) is 6.92 Å². The fourth-order valence-corrected chi connectivity index (χ4v) is 5.39. The van der Waals surface area contributed by atoms with Crippen LogP contribution in [-0.4, -0.2) is 48.9 Å². The molecule has 20 heavy (non-hydrogen) atoms. The third kappa shape index (κ3) is 3.17. The Morgan fingerprint density at radius 3 is 2.60 bits per heavy atom. The highest BCUT2D eigenvalue weighted by atomic mass is 32.2. The van der Waals surface area contributed by atoms with Crippen molar-refractivity contribution in [1.29, 1.82) is 0 Å². The quantitative estimate of drug-likeness (QED) is 0.841. The zero-order valence-corrected chi connectivity index (χ0v) is 13.3. The Morgan fingerprint density at radius 1 is 1.40 bits per heavy atom. The van der Waals surface area contributed by atoms with Crippen LogP contribution in [0.3, 0.4) is 0 Å². The SMILES string of the molecule is CCN(C(=O)C1(N)CCCC(C)C1)C1CCS(=O)(=O)C1. The molecule has 3 unspecified atom stereocenters. The molecule has 1 heterocycles. The molecule has 116 valence electrons. The van der Waals surface area contributed by atoms with Crippen LogP contribution in [0.15, 0.2) is 0 Å². The third-order valence-corrected chi connectivity index (χ3v) is 6.46. The van der Waals surface area contributed by atoms with Gasteiger partial charge >= 0.3 is 0 Å². The molecule has 0 aromatic carbocycles. The second-order valence-electron chi connectivity index (χ2n) is 6.51. The fourth-order valence-electron chi connectivity index (χ4n) is 3.66. The van der Waals surface area contributed by atoms with Gasteiger partial charge in [0.15, 0.2) is 9.84 Å². The Bertz CT molecular complexity index is 477. The molecule has 1 saturated carbocycles. The lowest BCUT2D eigenvalue weighted by atomic mass is 9.76. The molecule has 1 amide bonds. The molecule has 0 aromatic heterocycles. The van der Waals surface area contributed by atoms with Crippen molar-refractivity contribution in [2.75, 3.05) is 18.1 Å². The molecule has 0 spiro atoms.